The van der Waals surface area contributed by atoms with Gasteiger partial charge in [0, 0.05) is 12.1 Å². The molecular formula is C9H8ClNO2. The lowest BCUT2D eigenvalue weighted by Gasteiger charge is -1.94. The van der Waals surface area contributed by atoms with E-state index >= 15 is 0 Å². The van der Waals surface area contributed by atoms with Gasteiger partial charge in [-0.2, -0.15) is 0 Å². The number of allylic oxidation sites excluding steroid dienone is 1. The number of nitrogens with zero attached hydrogens (tertiary/aromatic N) is 1. The Morgan fingerprint density at radius 3 is 2.85 bits per heavy atom. The minimum Gasteiger partial charge on any atom is -0.477 e. The second-order valence-corrected chi connectivity index (χ2v) is 2.65. The van der Waals surface area contributed by atoms with Gasteiger partial charge in [-0.3, -0.25) is 0 Å². The summed E-state index contributed by atoms with van der Waals surface area (Å²) >= 11 is 5.43. The first-order valence-electron chi connectivity index (χ1n) is 3.66. The van der Waals surface area contributed by atoms with E-state index < -0.39 is 5.97 Å². The van der Waals surface area contributed by atoms with Gasteiger partial charge >= 0.3 is 5.97 Å². The van der Waals surface area contributed by atoms with Crippen molar-refractivity contribution in [3.8, 4) is 0 Å². The highest BCUT2D eigenvalue weighted by Gasteiger charge is 2.01. The molecule has 0 radical (unpaired) electrons. The van der Waals surface area contributed by atoms with Gasteiger partial charge in [0.05, 0.1) is 0 Å². The molecule has 0 aliphatic carbocycles. The lowest BCUT2D eigenvalue weighted by atomic mass is 10.2. The standard InChI is InChI=1S/C9H8ClNO2/c10-5-1-2-7-3-4-8(9(12)13)11-6-7/h1-4,6H,5H2,(H,12,13). The number of carbonyl (C=O) groups is 1. The van der Waals surface area contributed by atoms with Gasteiger partial charge in [0.15, 0.2) is 0 Å². The van der Waals surface area contributed by atoms with Gasteiger partial charge in [0.25, 0.3) is 0 Å². The summed E-state index contributed by atoms with van der Waals surface area (Å²) in [5, 5.41) is 8.55. The van der Waals surface area contributed by atoms with E-state index in [0.717, 1.165) is 5.56 Å². The molecule has 68 valence electrons. The molecule has 1 rings (SSSR count). The minimum atomic E-state index is -1.02. The maximum absolute atomic E-state index is 10.4. The monoisotopic (exact) mass is 197 g/mol. The van der Waals surface area contributed by atoms with E-state index in [1.54, 1.807) is 18.2 Å². The SMILES string of the molecule is O=C(O)c1ccc(C=CCCl)cn1. The van der Waals surface area contributed by atoms with E-state index in [0.29, 0.717) is 5.88 Å². The van der Waals surface area contributed by atoms with E-state index in [1.807, 2.05) is 0 Å². The Morgan fingerprint density at radius 2 is 2.38 bits per heavy atom. The number of carboxylic acid groups (broad SMARTS) is 1. The smallest absolute Gasteiger partial charge is 0.354 e. The summed E-state index contributed by atoms with van der Waals surface area (Å²) in [6.45, 7) is 0. The number of carboxylic acids is 1. The summed E-state index contributed by atoms with van der Waals surface area (Å²) in [5.41, 5.74) is 0.883. The summed E-state index contributed by atoms with van der Waals surface area (Å²) in [5.74, 6) is -0.589. The number of pyridine rings is 1. The first-order chi connectivity index (χ1) is 6.24. The average Bonchev–Trinajstić information content (AvgIpc) is 2.15. The van der Waals surface area contributed by atoms with Crippen LogP contribution in [-0.4, -0.2) is 21.9 Å². The zero-order valence-corrected chi connectivity index (χ0v) is 7.53. The fraction of sp³-hybridized carbons (Fsp3) is 0.111. The van der Waals surface area contributed by atoms with Crippen molar-refractivity contribution in [3.05, 3.63) is 35.7 Å². The predicted molar refractivity (Wildman–Crippen MR) is 51.0 cm³/mol. The van der Waals surface area contributed by atoms with Crippen LogP contribution in [0.15, 0.2) is 24.4 Å². The van der Waals surface area contributed by atoms with Gasteiger partial charge in [0.1, 0.15) is 5.69 Å². The van der Waals surface area contributed by atoms with Gasteiger partial charge in [0.2, 0.25) is 0 Å². The van der Waals surface area contributed by atoms with E-state index in [4.69, 9.17) is 16.7 Å². The number of halogens is 1. The summed E-state index contributed by atoms with van der Waals surface area (Å²) in [6, 6.07) is 3.13. The largest absolute Gasteiger partial charge is 0.477 e. The van der Waals surface area contributed by atoms with E-state index in [9.17, 15) is 4.79 Å². The molecular weight excluding hydrogens is 190 g/mol. The zero-order valence-electron chi connectivity index (χ0n) is 6.77. The van der Waals surface area contributed by atoms with Crippen molar-refractivity contribution in [3.63, 3.8) is 0 Å². The normalized spacial score (nSPS) is 10.5. The van der Waals surface area contributed by atoms with Crippen LogP contribution in [0.5, 0.6) is 0 Å². The second-order valence-electron chi connectivity index (χ2n) is 2.34. The van der Waals surface area contributed by atoms with Crippen molar-refractivity contribution in [1.82, 2.24) is 4.98 Å². The summed E-state index contributed by atoms with van der Waals surface area (Å²) < 4.78 is 0. The molecule has 0 aromatic carbocycles. The van der Waals surface area contributed by atoms with Crippen molar-refractivity contribution < 1.29 is 9.90 Å². The number of hydrogen-bond acceptors (Lipinski definition) is 2. The highest BCUT2D eigenvalue weighted by atomic mass is 35.5. The first-order valence-corrected chi connectivity index (χ1v) is 4.19. The van der Waals surface area contributed by atoms with Crippen molar-refractivity contribution in [2.75, 3.05) is 5.88 Å². The molecule has 0 bridgehead atoms. The fourth-order valence-electron chi connectivity index (χ4n) is 0.811. The topological polar surface area (TPSA) is 50.2 Å². The summed E-state index contributed by atoms with van der Waals surface area (Å²) in [4.78, 5) is 14.2. The van der Waals surface area contributed by atoms with Gasteiger partial charge in [-0.05, 0) is 11.6 Å². The van der Waals surface area contributed by atoms with E-state index in [-0.39, 0.29) is 5.69 Å². The molecule has 3 nitrogen and oxygen atoms in total. The molecule has 0 amide bonds. The van der Waals surface area contributed by atoms with Crippen LogP contribution in [0.25, 0.3) is 6.08 Å². The van der Waals surface area contributed by atoms with Crippen LogP contribution < -0.4 is 0 Å². The first kappa shape index (κ1) is 9.74. The fourth-order valence-corrected chi connectivity index (χ4v) is 0.900. The lowest BCUT2D eigenvalue weighted by molar-refractivity contribution is 0.0690. The molecule has 1 N–H and O–H groups in total. The van der Waals surface area contributed by atoms with E-state index in [2.05, 4.69) is 4.98 Å². The molecule has 4 heteroatoms. The van der Waals surface area contributed by atoms with Crippen molar-refractivity contribution in [1.29, 1.82) is 0 Å². The van der Waals surface area contributed by atoms with Crippen LogP contribution in [0.1, 0.15) is 16.1 Å². The molecule has 1 aromatic rings. The molecule has 13 heavy (non-hydrogen) atoms. The average molecular weight is 198 g/mol. The van der Waals surface area contributed by atoms with Crippen molar-refractivity contribution in [2.24, 2.45) is 0 Å². The van der Waals surface area contributed by atoms with Crippen LogP contribution >= 0.6 is 11.6 Å². The lowest BCUT2D eigenvalue weighted by Crippen LogP contribution is -1.98. The zero-order chi connectivity index (χ0) is 9.68. The summed E-state index contributed by atoms with van der Waals surface area (Å²) in [6.07, 6.45) is 5.04. The molecule has 0 fully saturated rings. The second kappa shape index (κ2) is 4.62. The Balaban J connectivity index is 2.81. The highest BCUT2D eigenvalue weighted by Crippen LogP contribution is 2.02. The van der Waals surface area contributed by atoms with Crippen LogP contribution in [0.3, 0.4) is 0 Å². The molecule has 0 spiro atoms. The van der Waals surface area contributed by atoms with Gasteiger partial charge in [-0.1, -0.05) is 18.2 Å². The number of hydrogen-bond donors (Lipinski definition) is 1. The third-order valence-electron chi connectivity index (χ3n) is 1.40. The Labute approximate surface area is 80.7 Å². The molecule has 1 aromatic heterocycles. The van der Waals surface area contributed by atoms with Crippen molar-refractivity contribution >= 4 is 23.6 Å². The van der Waals surface area contributed by atoms with Crippen LogP contribution in [0, 0.1) is 0 Å². The number of alkyl halides is 1. The minimum absolute atomic E-state index is 0.0445. The maximum Gasteiger partial charge on any atom is 0.354 e. The highest BCUT2D eigenvalue weighted by molar-refractivity contribution is 6.19. The molecule has 0 atom stereocenters. The summed E-state index contributed by atoms with van der Waals surface area (Å²) in [7, 11) is 0. The van der Waals surface area contributed by atoms with Crippen LogP contribution in [0.4, 0.5) is 0 Å². The van der Waals surface area contributed by atoms with Crippen LogP contribution in [0.2, 0.25) is 0 Å². The predicted octanol–water partition coefficient (Wildman–Crippen LogP) is 2.03. The van der Waals surface area contributed by atoms with E-state index in [1.165, 1.54) is 12.3 Å². The van der Waals surface area contributed by atoms with Gasteiger partial charge in [-0.15, -0.1) is 11.6 Å². The quantitative estimate of drug-likeness (QED) is 0.755. The Kier molecular flexibility index (Phi) is 3.46. The Bertz CT molecular complexity index is 319. The molecule has 1 heterocycles. The maximum atomic E-state index is 10.4. The Hall–Kier alpha value is -1.35. The number of aromatic carboxylic acids is 1. The van der Waals surface area contributed by atoms with Crippen LogP contribution in [-0.2, 0) is 0 Å². The molecule has 0 saturated carbocycles. The van der Waals surface area contributed by atoms with Gasteiger partial charge < -0.3 is 5.11 Å². The molecule has 0 saturated heterocycles. The number of rotatable bonds is 3. The number of aromatic nitrogens is 1. The molecule has 0 unspecified atom stereocenters. The van der Waals surface area contributed by atoms with Gasteiger partial charge in [-0.25, -0.2) is 9.78 Å². The van der Waals surface area contributed by atoms with Crippen molar-refractivity contribution in [2.45, 2.75) is 0 Å². The third-order valence-corrected chi connectivity index (χ3v) is 1.58. The third kappa shape index (κ3) is 2.87. The molecule has 0 aliphatic heterocycles. The molecule has 0 aliphatic rings. The Morgan fingerprint density at radius 1 is 1.62 bits per heavy atom.